The van der Waals surface area contributed by atoms with Gasteiger partial charge in [0.15, 0.2) is 0 Å². The maximum absolute atomic E-state index is 4.51. The van der Waals surface area contributed by atoms with Crippen LogP contribution in [0.5, 0.6) is 0 Å². The second kappa shape index (κ2) is 7.88. The van der Waals surface area contributed by atoms with Crippen LogP contribution in [-0.2, 0) is 0 Å². The van der Waals surface area contributed by atoms with Crippen molar-refractivity contribution in [3.8, 4) is 0 Å². The average Bonchev–Trinajstić information content (AvgIpc) is 3.34. The number of rotatable bonds is 6. The second-order valence-electron chi connectivity index (χ2n) is 8.80. The number of fused-ring (bicyclic) bond motifs is 1. The van der Waals surface area contributed by atoms with Crippen molar-refractivity contribution in [2.75, 3.05) is 0 Å². The van der Waals surface area contributed by atoms with Crippen LogP contribution in [0.3, 0.4) is 0 Å². The number of nitrogens with zero attached hydrogens (tertiary/aromatic N) is 1. The fourth-order valence-corrected chi connectivity index (χ4v) is 4.61. The third kappa shape index (κ3) is 3.95. The number of benzene rings is 1. The Morgan fingerprint density at radius 3 is 2.37 bits per heavy atom. The van der Waals surface area contributed by atoms with E-state index in [9.17, 15) is 0 Å². The van der Waals surface area contributed by atoms with Crippen molar-refractivity contribution in [1.29, 1.82) is 0 Å². The van der Waals surface area contributed by atoms with Crippen LogP contribution in [0.15, 0.2) is 48.7 Å². The lowest BCUT2D eigenvalue weighted by molar-refractivity contribution is 0.469. The molecule has 1 fully saturated rings. The van der Waals surface area contributed by atoms with Crippen LogP contribution in [0.4, 0.5) is 0 Å². The molecule has 2 unspecified atom stereocenters. The molecule has 0 bridgehead atoms. The smallest absolute Gasteiger partial charge is 0.137 e. The van der Waals surface area contributed by atoms with Gasteiger partial charge in [-0.3, -0.25) is 0 Å². The van der Waals surface area contributed by atoms with Crippen LogP contribution in [0.1, 0.15) is 81.5 Å². The number of aromatic nitrogens is 2. The minimum absolute atomic E-state index is 0.436. The van der Waals surface area contributed by atoms with E-state index in [0.29, 0.717) is 17.8 Å². The molecule has 2 atom stereocenters. The van der Waals surface area contributed by atoms with Gasteiger partial charge < -0.3 is 4.98 Å². The maximum Gasteiger partial charge on any atom is 0.137 e. The predicted molar refractivity (Wildman–Crippen MR) is 114 cm³/mol. The Labute approximate surface area is 163 Å². The summed E-state index contributed by atoms with van der Waals surface area (Å²) in [5.74, 6) is 2.56. The first-order chi connectivity index (χ1) is 13.1. The van der Waals surface area contributed by atoms with E-state index >= 15 is 0 Å². The molecule has 1 aliphatic rings. The van der Waals surface area contributed by atoms with E-state index < -0.39 is 0 Å². The molecule has 2 heterocycles. The molecular weight excluding hydrogens is 328 g/mol. The minimum Gasteiger partial charge on any atom is -0.343 e. The number of aromatic amines is 1. The SMILES string of the molecule is CC(C)C(C)c1ccc(C(CC2CCCC2)c2cc3cccnc3[nH]2)cc1. The lowest BCUT2D eigenvalue weighted by Gasteiger charge is -2.22. The molecule has 27 heavy (non-hydrogen) atoms. The average molecular weight is 361 g/mol. The Balaban J connectivity index is 1.66. The first kappa shape index (κ1) is 18.3. The van der Waals surface area contributed by atoms with Crippen LogP contribution in [0.2, 0.25) is 0 Å². The summed E-state index contributed by atoms with van der Waals surface area (Å²) in [6.07, 6.45) is 8.68. The summed E-state index contributed by atoms with van der Waals surface area (Å²) in [7, 11) is 0. The van der Waals surface area contributed by atoms with Gasteiger partial charge in [-0.05, 0) is 53.5 Å². The molecule has 1 aromatic carbocycles. The van der Waals surface area contributed by atoms with E-state index in [1.807, 2.05) is 12.3 Å². The number of pyridine rings is 1. The molecule has 2 aromatic heterocycles. The van der Waals surface area contributed by atoms with Gasteiger partial charge in [0.1, 0.15) is 5.65 Å². The molecule has 142 valence electrons. The van der Waals surface area contributed by atoms with E-state index in [1.54, 1.807) is 0 Å². The largest absolute Gasteiger partial charge is 0.343 e. The van der Waals surface area contributed by atoms with Gasteiger partial charge in [0.05, 0.1) is 0 Å². The molecule has 0 spiro atoms. The first-order valence-corrected chi connectivity index (χ1v) is 10.7. The van der Waals surface area contributed by atoms with Crippen molar-refractivity contribution >= 4 is 11.0 Å². The van der Waals surface area contributed by atoms with Crippen molar-refractivity contribution < 1.29 is 0 Å². The van der Waals surface area contributed by atoms with Crippen LogP contribution >= 0.6 is 0 Å². The highest BCUT2D eigenvalue weighted by atomic mass is 14.9. The summed E-state index contributed by atoms with van der Waals surface area (Å²) in [6.45, 7) is 6.94. The van der Waals surface area contributed by atoms with Crippen molar-refractivity contribution in [3.63, 3.8) is 0 Å². The van der Waals surface area contributed by atoms with Crippen molar-refractivity contribution in [2.45, 2.75) is 64.7 Å². The predicted octanol–water partition coefficient (Wildman–Crippen LogP) is 7.03. The quantitative estimate of drug-likeness (QED) is 0.502. The van der Waals surface area contributed by atoms with Gasteiger partial charge >= 0.3 is 0 Å². The standard InChI is InChI=1S/C25H32N2/c1-17(2)18(3)20-10-12-21(13-11-20)23(15-19-7-4-5-8-19)24-16-22-9-6-14-26-25(22)27-24/h6,9-14,16-19,23H,4-5,7-8,15H2,1-3H3,(H,26,27). The molecule has 1 N–H and O–H groups in total. The monoisotopic (exact) mass is 360 g/mol. The molecule has 4 rings (SSSR count). The second-order valence-corrected chi connectivity index (χ2v) is 8.80. The van der Waals surface area contributed by atoms with Gasteiger partial charge in [0.25, 0.3) is 0 Å². The van der Waals surface area contributed by atoms with Crippen molar-refractivity contribution in [2.24, 2.45) is 11.8 Å². The molecule has 1 saturated carbocycles. The van der Waals surface area contributed by atoms with Gasteiger partial charge in [-0.15, -0.1) is 0 Å². The Morgan fingerprint density at radius 1 is 1.00 bits per heavy atom. The van der Waals surface area contributed by atoms with E-state index in [1.165, 1.54) is 54.3 Å². The molecule has 3 aromatic rings. The Hall–Kier alpha value is -2.09. The number of hydrogen-bond donors (Lipinski definition) is 1. The Morgan fingerprint density at radius 2 is 1.70 bits per heavy atom. The number of nitrogens with one attached hydrogen (secondary N) is 1. The molecular formula is C25H32N2. The zero-order valence-corrected chi connectivity index (χ0v) is 16.9. The summed E-state index contributed by atoms with van der Waals surface area (Å²) >= 11 is 0. The fraction of sp³-hybridized carbons (Fsp3) is 0.480. The van der Waals surface area contributed by atoms with E-state index in [-0.39, 0.29) is 0 Å². The molecule has 2 nitrogen and oxygen atoms in total. The van der Waals surface area contributed by atoms with E-state index in [0.717, 1.165) is 11.6 Å². The van der Waals surface area contributed by atoms with Gasteiger partial charge in [-0.1, -0.05) is 70.7 Å². The topological polar surface area (TPSA) is 28.7 Å². The molecule has 0 radical (unpaired) electrons. The van der Waals surface area contributed by atoms with Gasteiger partial charge in [0.2, 0.25) is 0 Å². The Bertz CT molecular complexity index is 836. The number of H-pyrrole nitrogens is 1. The number of hydrogen-bond acceptors (Lipinski definition) is 1. The lowest BCUT2D eigenvalue weighted by Crippen LogP contribution is -2.08. The van der Waals surface area contributed by atoms with Crippen molar-refractivity contribution in [3.05, 3.63) is 65.5 Å². The van der Waals surface area contributed by atoms with Crippen LogP contribution in [0, 0.1) is 11.8 Å². The van der Waals surface area contributed by atoms with Crippen LogP contribution in [0.25, 0.3) is 11.0 Å². The highest BCUT2D eigenvalue weighted by Gasteiger charge is 2.24. The van der Waals surface area contributed by atoms with Crippen molar-refractivity contribution in [1.82, 2.24) is 9.97 Å². The highest BCUT2D eigenvalue weighted by molar-refractivity contribution is 5.76. The molecule has 1 aliphatic carbocycles. The van der Waals surface area contributed by atoms with E-state index in [4.69, 9.17) is 0 Å². The third-order valence-electron chi connectivity index (χ3n) is 6.70. The van der Waals surface area contributed by atoms with Crippen LogP contribution in [-0.4, -0.2) is 9.97 Å². The third-order valence-corrected chi connectivity index (χ3v) is 6.70. The zero-order chi connectivity index (χ0) is 18.8. The normalized spacial score (nSPS) is 17.6. The summed E-state index contributed by atoms with van der Waals surface area (Å²) in [6, 6.07) is 15.9. The summed E-state index contributed by atoms with van der Waals surface area (Å²) in [5.41, 5.74) is 5.22. The zero-order valence-electron chi connectivity index (χ0n) is 16.9. The summed E-state index contributed by atoms with van der Waals surface area (Å²) in [4.78, 5) is 8.12. The molecule has 2 heteroatoms. The van der Waals surface area contributed by atoms with Crippen LogP contribution < -0.4 is 0 Å². The van der Waals surface area contributed by atoms with Gasteiger partial charge in [0, 0.05) is 23.2 Å². The summed E-state index contributed by atoms with van der Waals surface area (Å²) in [5, 5.41) is 1.22. The minimum atomic E-state index is 0.436. The fourth-order valence-electron chi connectivity index (χ4n) is 4.61. The summed E-state index contributed by atoms with van der Waals surface area (Å²) < 4.78 is 0. The van der Waals surface area contributed by atoms with E-state index in [2.05, 4.69) is 67.1 Å². The molecule has 0 aliphatic heterocycles. The first-order valence-electron chi connectivity index (χ1n) is 10.7. The Kier molecular flexibility index (Phi) is 5.33. The lowest BCUT2D eigenvalue weighted by atomic mass is 9.84. The highest BCUT2D eigenvalue weighted by Crippen LogP contribution is 2.38. The molecule has 0 amide bonds. The maximum atomic E-state index is 4.51. The van der Waals surface area contributed by atoms with Gasteiger partial charge in [-0.25, -0.2) is 4.98 Å². The molecule has 0 saturated heterocycles. The van der Waals surface area contributed by atoms with Gasteiger partial charge in [-0.2, -0.15) is 0 Å².